The maximum absolute atomic E-state index is 11.8. The van der Waals surface area contributed by atoms with Crippen LogP contribution < -0.4 is 11.1 Å². The molecule has 44 heavy (non-hydrogen) atoms. The number of nitrogens with two attached hydrogens (primary N) is 1. The molecule has 2 aliphatic rings. The summed E-state index contributed by atoms with van der Waals surface area (Å²) in [4.78, 5) is 34.0. The van der Waals surface area contributed by atoms with Gasteiger partial charge in [-0.15, -0.1) is 0 Å². The van der Waals surface area contributed by atoms with E-state index in [0.29, 0.717) is 0 Å². The van der Waals surface area contributed by atoms with Gasteiger partial charge in [0.1, 0.15) is 55.4 Å². The van der Waals surface area contributed by atoms with Gasteiger partial charge in [-0.05, 0) is 5.56 Å². The summed E-state index contributed by atoms with van der Waals surface area (Å²) >= 11 is 0. The SMILES string of the molecule is COC(=O)C(Cc1ccccc1)NC(=O)C(N)CC(=O)O.OC[C@H]1O[C@@](CO)(O[C@H]2O[C@H](CO)[C@@H](O)[C@H](O)[C@H]2O)[C@@H](O)[C@@H]1O. The van der Waals surface area contributed by atoms with Gasteiger partial charge in [-0.25, -0.2) is 4.79 Å². The lowest BCUT2D eigenvalue weighted by Gasteiger charge is -2.43. The average Bonchev–Trinajstić information content (AvgIpc) is 3.25. The number of hydrogen-bond acceptors (Lipinski definition) is 16. The Bertz CT molecular complexity index is 1060. The second kappa shape index (κ2) is 17.0. The summed E-state index contributed by atoms with van der Waals surface area (Å²) in [5.41, 5.74) is 6.29. The number of nitrogens with one attached hydrogen (secondary N) is 1. The number of rotatable bonds is 12. The molecule has 0 spiro atoms. The van der Waals surface area contributed by atoms with E-state index in [1.165, 1.54) is 7.11 Å². The highest BCUT2D eigenvalue weighted by Gasteiger charge is 2.58. The maximum Gasteiger partial charge on any atom is 0.328 e. The first-order chi connectivity index (χ1) is 20.7. The molecule has 11 atom stereocenters. The average molecular weight is 637 g/mol. The van der Waals surface area contributed by atoms with Crippen molar-refractivity contribution >= 4 is 17.8 Å². The minimum Gasteiger partial charge on any atom is -0.481 e. The van der Waals surface area contributed by atoms with Crippen molar-refractivity contribution < 1.29 is 79.3 Å². The summed E-state index contributed by atoms with van der Waals surface area (Å²) in [6, 6.07) is 6.93. The van der Waals surface area contributed by atoms with Crippen molar-refractivity contribution in [1.82, 2.24) is 5.32 Å². The molecule has 2 unspecified atom stereocenters. The first-order valence-corrected chi connectivity index (χ1v) is 13.4. The maximum atomic E-state index is 11.8. The number of carbonyl (C=O) groups excluding carboxylic acids is 2. The number of carbonyl (C=O) groups is 3. The minimum atomic E-state index is -2.22. The van der Waals surface area contributed by atoms with E-state index < -0.39 is 111 Å². The number of benzene rings is 1. The quantitative estimate of drug-likeness (QED) is 0.0952. The van der Waals surface area contributed by atoms with Gasteiger partial charge >= 0.3 is 11.9 Å². The highest BCUT2D eigenvalue weighted by atomic mass is 16.8. The normalized spacial score (nSPS) is 33.0. The fraction of sp³-hybridized carbons (Fsp3) is 0.654. The Kier molecular flexibility index (Phi) is 14.4. The van der Waals surface area contributed by atoms with E-state index in [1.54, 1.807) is 12.1 Å². The van der Waals surface area contributed by atoms with Crippen LogP contribution in [0.3, 0.4) is 0 Å². The van der Waals surface area contributed by atoms with Crippen LogP contribution in [-0.4, -0.2) is 158 Å². The van der Waals surface area contributed by atoms with E-state index in [1.807, 2.05) is 18.2 Å². The van der Waals surface area contributed by atoms with Crippen molar-refractivity contribution in [3.63, 3.8) is 0 Å². The largest absolute Gasteiger partial charge is 0.481 e. The topological polar surface area (TPSA) is 308 Å². The van der Waals surface area contributed by atoms with Gasteiger partial charge in [-0.1, -0.05) is 30.3 Å². The Morgan fingerprint density at radius 1 is 0.955 bits per heavy atom. The van der Waals surface area contributed by atoms with Gasteiger partial charge in [0.15, 0.2) is 6.29 Å². The second-order valence-electron chi connectivity index (χ2n) is 10.0. The number of carboxylic acid groups (broad SMARTS) is 1. The van der Waals surface area contributed by atoms with Gasteiger partial charge in [0.2, 0.25) is 11.7 Å². The van der Waals surface area contributed by atoms with Gasteiger partial charge in [0, 0.05) is 6.42 Å². The fourth-order valence-electron chi connectivity index (χ4n) is 4.38. The zero-order valence-electron chi connectivity index (χ0n) is 23.7. The Hall–Kier alpha value is -2.85. The molecule has 2 aliphatic heterocycles. The molecule has 18 nitrogen and oxygen atoms in total. The van der Waals surface area contributed by atoms with Crippen LogP contribution in [-0.2, 0) is 39.8 Å². The predicted octanol–water partition coefficient (Wildman–Crippen LogP) is -5.71. The molecule has 3 rings (SSSR count). The van der Waals surface area contributed by atoms with E-state index in [4.69, 9.17) is 35.3 Å². The van der Waals surface area contributed by atoms with Crippen molar-refractivity contribution in [2.45, 2.75) is 79.7 Å². The number of methoxy groups -OCH3 is 1. The summed E-state index contributed by atoms with van der Waals surface area (Å²) in [6.45, 7) is -2.32. The molecule has 250 valence electrons. The number of carboxylic acids is 1. The van der Waals surface area contributed by atoms with Crippen LogP contribution >= 0.6 is 0 Å². The lowest BCUT2D eigenvalue weighted by molar-refractivity contribution is -0.383. The van der Waals surface area contributed by atoms with E-state index >= 15 is 0 Å². The predicted molar refractivity (Wildman–Crippen MR) is 143 cm³/mol. The van der Waals surface area contributed by atoms with Crippen molar-refractivity contribution in [2.24, 2.45) is 5.73 Å². The molecule has 0 aromatic heterocycles. The molecule has 0 aliphatic carbocycles. The molecule has 2 saturated heterocycles. The first-order valence-electron chi connectivity index (χ1n) is 13.4. The van der Waals surface area contributed by atoms with Crippen LogP contribution in [0.4, 0.5) is 0 Å². The number of aliphatic hydroxyl groups is 8. The number of ether oxygens (including phenoxy) is 4. The van der Waals surface area contributed by atoms with Crippen LogP contribution in [0, 0.1) is 0 Å². The third kappa shape index (κ3) is 9.33. The van der Waals surface area contributed by atoms with Gasteiger partial charge < -0.3 is 76.0 Å². The number of amides is 1. The molecule has 1 aromatic carbocycles. The smallest absolute Gasteiger partial charge is 0.328 e. The van der Waals surface area contributed by atoms with Gasteiger partial charge in [0.25, 0.3) is 0 Å². The van der Waals surface area contributed by atoms with Crippen LogP contribution in [0.15, 0.2) is 30.3 Å². The fourth-order valence-corrected chi connectivity index (χ4v) is 4.38. The van der Waals surface area contributed by atoms with Crippen molar-refractivity contribution in [1.29, 1.82) is 0 Å². The van der Waals surface area contributed by atoms with E-state index in [0.717, 1.165) is 5.56 Å². The molecule has 0 saturated carbocycles. The number of aliphatic carboxylic acids is 1. The van der Waals surface area contributed by atoms with Crippen molar-refractivity contribution in [3.05, 3.63) is 35.9 Å². The summed E-state index contributed by atoms with van der Waals surface area (Å²) in [5.74, 6) is -4.73. The Morgan fingerprint density at radius 3 is 2.07 bits per heavy atom. The zero-order valence-corrected chi connectivity index (χ0v) is 23.7. The number of esters is 1. The van der Waals surface area contributed by atoms with Gasteiger partial charge in [-0.3, -0.25) is 9.59 Å². The Balaban J connectivity index is 0.000000308. The zero-order chi connectivity index (χ0) is 33.2. The molecule has 12 N–H and O–H groups in total. The molecule has 0 radical (unpaired) electrons. The molecular weight excluding hydrogens is 596 g/mol. The molecule has 1 amide bonds. The summed E-state index contributed by atoms with van der Waals surface area (Å²) < 4.78 is 20.1. The van der Waals surface area contributed by atoms with Gasteiger partial charge in [-0.2, -0.15) is 0 Å². The molecule has 2 fully saturated rings. The summed E-state index contributed by atoms with van der Waals surface area (Å²) in [6.07, 6.45) is -12.9. The third-order valence-electron chi connectivity index (χ3n) is 6.89. The monoisotopic (exact) mass is 636 g/mol. The summed E-state index contributed by atoms with van der Waals surface area (Å²) in [7, 11) is 1.21. The molecule has 18 heteroatoms. The first kappa shape index (κ1) is 37.3. The lowest BCUT2D eigenvalue weighted by Crippen LogP contribution is -2.62. The highest BCUT2D eigenvalue weighted by molar-refractivity contribution is 5.89. The molecular formula is C26H40N2O16. The molecule has 1 aromatic rings. The van der Waals surface area contributed by atoms with Crippen LogP contribution in [0.2, 0.25) is 0 Å². The summed E-state index contributed by atoms with van der Waals surface area (Å²) in [5, 5.41) is 87.7. The lowest BCUT2D eigenvalue weighted by atomic mass is 9.99. The molecule has 2 heterocycles. The standard InChI is InChI=1S/C14H18N2O5.C12H22O11/c1-21-14(20)11(7-9-5-3-2-4-6-9)16-13(19)10(15)8-12(17)18;13-1-4-6(16)8(18)9(19)11(21-4)23-12(3-15)10(20)7(17)5(2-14)22-12/h2-6,10-11H,7-8,15H2,1H3,(H,16,19)(H,17,18);4-11,13-20H,1-3H2/t;4-,5-,6-,7-,8+,9-,10+,11-,12+/m.1/s1. The van der Waals surface area contributed by atoms with Crippen LogP contribution in [0.25, 0.3) is 0 Å². The van der Waals surface area contributed by atoms with Crippen molar-refractivity contribution in [2.75, 3.05) is 26.9 Å². The Morgan fingerprint density at radius 2 is 1.57 bits per heavy atom. The van der Waals surface area contributed by atoms with Crippen molar-refractivity contribution in [3.8, 4) is 0 Å². The minimum absolute atomic E-state index is 0.235. The van der Waals surface area contributed by atoms with E-state index in [9.17, 15) is 45.0 Å². The van der Waals surface area contributed by atoms with E-state index in [-0.39, 0.29) is 6.42 Å². The highest BCUT2D eigenvalue weighted by Crippen LogP contribution is 2.35. The molecule has 0 bridgehead atoms. The second-order valence-corrected chi connectivity index (χ2v) is 10.0. The number of hydrogen-bond donors (Lipinski definition) is 11. The van der Waals surface area contributed by atoms with Gasteiger partial charge in [0.05, 0.1) is 32.8 Å². The van der Waals surface area contributed by atoms with Crippen LogP contribution in [0.5, 0.6) is 0 Å². The third-order valence-corrected chi connectivity index (χ3v) is 6.89. The van der Waals surface area contributed by atoms with E-state index in [2.05, 4.69) is 10.1 Å². The van der Waals surface area contributed by atoms with Crippen LogP contribution in [0.1, 0.15) is 12.0 Å². The number of aliphatic hydroxyl groups excluding tert-OH is 8. The Labute approximate surface area is 251 Å².